The first-order valence-electron chi connectivity index (χ1n) is 9.88. The van der Waals surface area contributed by atoms with Crippen molar-refractivity contribution in [3.05, 3.63) is 69.2 Å². The third-order valence-electron chi connectivity index (χ3n) is 5.43. The van der Waals surface area contributed by atoms with Crippen LogP contribution in [0.2, 0.25) is 10.0 Å². The van der Waals surface area contributed by atoms with Crippen LogP contribution in [0.4, 0.5) is 0 Å². The normalized spacial score (nSPS) is 17.7. The summed E-state index contributed by atoms with van der Waals surface area (Å²) >= 11 is 12.3. The van der Waals surface area contributed by atoms with Crippen molar-refractivity contribution in [1.29, 1.82) is 0 Å². The van der Waals surface area contributed by atoms with Crippen molar-refractivity contribution >= 4 is 39.1 Å². The number of rotatable bonds is 6. The maximum Gasteiger partial charge on any atom is 0.227 e. The lowest BCUT2D eigenvalue weighted by atomic mass is 9.98. The van der Waals surface area contributed by atoms with Crippen LogP contribution in [0.5, 0.6) is 0 Å². The number of carbonyl (C=O) groups excluding carboxylic acids is 1. The molecular weight excluding hydrogens is 443 g/mol. The van der Waals surface area contributed by atoms with Crippen molar-refractivity contribution in [2.45, 2.75) is 32.1 Å². The van der Waals surface area contributed by atoms with E-state index in [9.17, 15) is 13.2 Å². The van der Waals surface area contributed by atoms with E-state index in [1.165, 1.54) is 9.87 Å². The molecule has 5 nitrogen and oxygen atoms in total. The van der Waals surface area contributed by atoms with Gasteiger partial charge in [-0.15, -0.1) is 0 Å². The summed E-state index contributed by atoms with van der Waals surface area (Å²) in [5.74, 6) is -0.664. The van der Waals surface area contributed by atoms with Crippen molar-refractivity contribution in [2.75, 3.05) is 20.1 Å². The van der Waals surface area contributed by atoms with Gasteiger partial charge in [-0.3, -0.25) is 4.79 Å². The Morgan fingerprint density at radius 1 is 1.13 bits per heavy atom. The zero-order valence-electron chi connectivity index (χ0n) is 17.1. The van der Waals surface area contributed by atoms with Crippen LogP contribution in [0.1, 0.15) is 29.5 Å². The third-order valence-corrected chi connectivity index (χ3v) is 7.91. The summed E-state index contributed by atoms with van der Waals surface area (Å²) in [5, 5.41) is 0.655. The summed E-state index contributed by atoms with van der Waals surface area (Å²) in [6.45, 7) is 3.10. The van der Waals surface area contributed by atoms with Gasteiger partial charge in [-0.1, -0.05) is 59.1 Å². The van der Waals surface area contributed by atoms with Crippen LogP contribution < -0.4 is 0 Å². The van der Waals surface area contributed by atoms with Gasteiger partial charge < -0.3 is 4.90 Å². The molecule has 8 heteroatoms. The lowest BCUT2D eigenvalue weighted by Gasteiger charge is -2.33. The van der Waals surface area contributed by atoms with Gasteiger partial charge >= 0.3 is 0 Å². The van der Waals surface area contributed by atoms with E-state index in [4.69, 9.17) is 23.2 Å². The van der Waals surface area contributed by atoms with Gasteiger partial charge in [-0.25, -0.2) is 12.7 Å². The van der Waals surface area contributed by atoms with Gasteiger partial charge in [0.05, 0.1) is 11.7 Å². The smallest absolute Gasteiger partial charge is 0.227 e. The SMILES string of the molecule is Cc1ccc(CN(C)C(=O)[C@H]2CCCN(S(=O)(=O)Cc3c(Cl)cccc3Cl)C2)cc1. The first kappa shape index (κ1) is 23.1. The Hall–Kier alpha value is -1.60. The minimum atomic E-state index is -3.64. The summed E-state index contributed by atoms with van der Waals surface area (Å²) < 4.78 is 27.4. The highest BCUT2D eigenvalue weighted by Crippen LogP contribution is 2.29. The average Bonchev–Trinajstić information content (AvgIpc) is 2.72. The first-order chi connectivity index (χ1) is 14.2. The predicted octanol–water partition coefficient (Wildman–Crippen LogP) is 4.50. The molecule has 3 rings (SSSR count). The fourth-order valence-corrected chi connectivity index (χ4v) is 6.06. The Kier molecular flexibility index (Phi) is 7.45. The van der Waals surface area contributed by atoms with Crippen LogP contribution in [-0.4, -0.2) is 43.7 Å². The van der Waals surface area contributed by atoms with E-state index in [2.05, 4.69) is 0 Å². The van der Waals surface area contributed by atoms with Crippen molar-refractivity contribution in [3.8, 4) is 0 Å². The van der Waals surface area contributed by atoms with Gasteiger partial charge in [-0.05, 0) is 37.5 Å². The molecule has 1 saturated heterocycles. The van der Waals surface area contributed by atoms with E-state index in [-0.39, 0.29) is 24.1 Å². The second-order valence-electron chi connectivity index (χ2n) is 7.83. The number of hydrogen-bond acceptors (Lipinski definition) is 3. The standard InChI is InChI=1S/C22H26Cl2N2O3S/c1-16-8-10-17(11-9-16)13-25(2)22(27)18-5-4-12-26(14-18)30(28,29)15-19-20(23)6-3-7-21(19)24/h3,6-11,18H,4-5,12-15H2,1-2H3/t18-/m0/s1. The Morgan fingerprint density at radius 3 is 2.40 bits per heavy atom. The van der Waals surface area contributed by atoms with E-state index >= 15 is 0 Å². The minimum Gasteiger partial charge on any atom is -0.341 e. The Bertz CT molecular complexity index is 989. The highest BCUT2D eigenvalue weighted by molar-refractivity contribution is 7.88. The van der Waals surface area contributed by atoms with Gasteiger partial charge in [0.15, 0.2) is 0 Å². The summed E-state index contributed by atoms with van der Waals surface area (Å²) in [7, 11) is -1.88. The van der Waals surface area contributed by atoms with Crippen molar-refractivity contribution in [3.63, 3.8) is 0 Å². The van der Waals surface area contributed by atoms with E-state index in [1.807, 2.05) is 31.2 Å². The number of halogens is 2. The highest BCUT2D eigenvalue weighted by atomic mass is 35.5. The number of piperidine rings is 1. The predicted molar refractivity (Wildman–Crippen MR) is 121 cm³/mol. The number of amides is 1. The van der Waals surface area contributed by atoms with E-state index in [1.54, 1.807) is 30.1 Å². The number of hydrogen-bond donors (Lipinski definition) is 0. The van der Waals surface area contributed by atoms with Crippen LogP contribution >= 0.6 is 23.2 Å². The second-order valence-corrected chi connectivity index (χ2v) is 10.6. The molecule has 162 valence electrons. The molecule has 2 aromatic carbocycles. The fourth-order valence-electron chi connectivity index (χ4n) is 3.70. The summed E-state index contributed by atoms with van der Waals surface area (Å²) in [4.78, 5) is 14.6. The second kappa shape index (κ2) is 9.69. The number of nitrogens with zero attached hydrogens (tertiary/aromatic N) is 2. The van der Waals surface area contributed by atoms with Gasteiger partial charge in [0.2, 0.25) is 15.9 Å². The van der Waals surface area contributed by atoms with Crippen LogP contribution in [0.15, 0.2) is 42.5 Å². The maximum absolute atomic E-state index is 13.0. The van der Waals surface area contributed by atoms with Crippen molar-refractivity contribution in [1.82, 2.24) is 9.21 Å². The highest BCUT2D eigenvalue weighted by Gasteiger charge is 2.34. The molecule has 0 unspecified atom stereocenters. The lowest BCUT2D eigenvalue weighted by molar-refractivity contribution is -0.135. The molecule has 30 heavy (non-hydrogen) atoms. The number of carbonyl (C=O) groups is 1. The van der Waals surface area contributed by atoms with Gasteiger partial charge in [0, 0.05) is 42.3 Å². The van der Waals surface area contributed by atoms with Crippen LogP contribution in [0.25, 0.3) is 0 Å². The molecule has 1 heterocycles. The number of benzene rings is 2. The molecule has 0 saturated carbocycles. The monoisotopic (exact) mass is 468 g/mol. The van der Waals surface area contributed by atoms with Crippen molar-refractivity contribution in [2.24, 2.45) is 5.92 Å². The molecule has 0 aromatic heterocycles. The zero-order valence-corrected chi connectivity index (χ0v) is 19.5. The molecule has 1 atom stereocenters. The molecule has 1 aliphatic rings. The van der Waals surface area contributed by atoms with Crippen LogP contribution in [0.3, 0.4) is 0 Å². The van der Waals surface area contributed by atoms with E-state index in [0.29, 0.717) is 41.5 Å². The van der Waals surface area contributed by atoms with Crippen LogP contribution in [0, 0.1) is 12.8 Å². The minimum absolute atomic E-state index is 0.0359. The van der Waals surface area contributed by atoms with Crippen LogP contribution in [-0.2, 0) is 27.1 Å². The molecule has 1 fully saturated rings. The van der Waals surface area contributed by atoms with Gasteiger partial charge in [0.1, 0.15) is 0 Å². The Balaban J connectivity index is 1.67. The Morgan fingerprint density at radius 2 is 1.77 bits per heavy atom. The molecular formula is C22H26Cl2N2O3S. The molecule has 0 N–H and O–H groups in total. The fraction of sp³-hybridized carbons (Fsp3) is 0.409. The Labute approximate surface area is 188 Å². The quantitative estimate of drug-likeness (QED) is 0.626. The topological polar surface area (TPSA) is 57.7 Å². The zero-order chi connectivity index (χ0) is 21.9. The summed E-state index contributed by atoms with van der Waals surface area (Å²) in [5.41, 5.74) is 2.61. The summed E-state index contributed by atoms with van der Waals surface area (Å²) in [6, 6.07) is 13.0. The van der Waals surface area contributed by atoms with E-state index < -0.39 is 10.0 Å². The van der Waals surface area contributed by atoms with Gasteiger partial charge in [-0.2, -0.15) is 0 Å². The third kappa shape index (κ3) is 5.55. The average molecular weight is 469 g/mol. The maximum atomic E-state index is 13.0. The molecule has 0 radical (unpaired) electrons. The lowest BCUT2D eigenvalue weighted by Crippen LogP contribution is -2.46. The first-order valence-corrected chi connectivity index (χ1v) is 12.2. The number of aryl methyl sites for hydroxylation is 1. The van der Waals surface area contributed by atoms with Crippen molar-refractivity contribution < 1.29 is 13.2 Å². The molecule has 0 spiro atoms. The molecule has 0 aliphatic carbocycles. The summed E-state index contributed by atoms with van der Waals surface area (Å²) in [6.07, 6.45) is 1.32. The van der Waals surface area contributed by atoms with E-state index in [0.717, 1.165) is 5.56 Å². The molecule has 2 aromatic rings. The molecule has 1 amide bonds. The molecule has 0 bridgehead atoms. The largest absolute Gasteiger partial charge is 0.341 e. The van der Waals surface area contributed by atoms with Gasteiger partial charge in [0.25, 0.3) is 0 Å². The number of sulfonamides is 1. The molecule has 1 aliphatic heterocycles.